The van der Waals surface area contributed by atoms with Crippen molar-refractivity contribution < 1.29 is 0 Å². The van der Waals surface area contributed by atoms with Crippen LogP contribution in [-0.4, -0.2) is 5.75 Å². The first-order valence-corrected chi connectivity index (χ1v) is 5.25. The van der Waals surface area contributed by atoms with Gasteiger partial charge in [0.05, 0.1) is 11.6 Å². The van der Waals surface area contributed by atoms with Gasteiger partial charge in [-0.3, -0.25) is 0 Å². The molecule has 0 saturated carbocycles. The van der Waals surface area contributed by atoms with Gasteiger partial charge in [0, 0.05) is 5.02 Å². The Balaban J connectivity index is 2.88. The molecule has 72 valence electrons. The Morgan fingerprint density at radius 1 is 1.43 bits per heavy atom. The van der Waals surface area contributed by atoms with Crippen LogP contribution >= 0.6 is 24.2 Å². The molecular formula is C11H10ClNS. The summed E-state index contributed by atoms with van der Waals surface area (Å²) in [6, 6.07) is 7.35. The minimum absolute atomic E-state index is 0.586. The van der Waals surface area contributed by atoms with Crippen LogP contribution in [0.3, 0.4) is 0 Å². The third-order valence-electron chi connectivity index (χ3n) is 1.66. The number of rotatable bonds is 3. The van der Waals surface area contributed by atoms with Crippen molar-refractivity contribution in [2.45, 2.75) is 6.42 Å². The first-order chi connectivity index (χ1) is 6.76. The lowest BCUT2D eigenvalue weighted by Crippen LogP contribution is -1.78. The molecule has 0 aliphatic heterocycles. The van der Waals surface area contributed by atoms with E-state index < -0.39 is 0 Å². The van der Waals surface area contributed by atoms with E-state index in [1.54, 1.807) is 12.1 Å². The quantitative estimate of drug-likeness (QED) is 0.779. The zero-order valence-electron chi connectivity index (χ0n) is 7.57. The number of nitrogens with zero attached hydrogens (tertiary/aromatic N) is 1. The van der Waals surface area contributed by atoms with E-state index in [2.05, 4.69) is 18.7 Å². The standard InChI is InChI=1S/C11H10ClNS/c12-11-6-9(3-1-2-4-14)5-10(7-11)8-13/h1,3,5-7,14H,2,4H2. The minimum atomic E-state index is 0.586. The summed E-state index contributed by atoms with van der Waals surface area (Å²) in [5.74, 6) is 0.822. The first kappa shape index (κ1) is 11.2. The summed E-state index contributed by atoms with van der Waals surface area (Å²) in [7, 11) is 0. The van der Waals surface area contributed by atoms with Gasteiger partial charge in [0.25, 0.3) is 0 Å². The van der Waals surface area contributed by atoms with E-state index in [9.17, 15) is 0 Å². The molecule has 0 N–H and O–H groups in total. The lowest BCUT2D eigenvalue weighted by Gasteiger charge is -1.96. The van der Waals surface area contributed by atoms with Gasteiger partial charge in [0.15, 0.2) is 0 Å². The van der Waals surface area contributed by atoms with Crippen LogP contribution in [0.4, 0.5) is 0 Å². The smallest absolute Gasteiger partial charge is 0.0992 e. The van der Waals surface area contributed by atoms with Gasteiger partial charge in [0.2, 0.25) is 0 Å². The average molecular weight is 224 g/mol. The lowest BCUT2D eigenvalue weighted by molar-refractivity contribution is 1.26. The molecule has 0 saturated heterocycles. The van der Waals surface area contributed by atoms with Gasteiger partial charge in [-0.15, -0.1) is 0 Å². The van der Waals surface area contributed by atoms with Crippen LogP contribution in [0.5, 0.6) is 0 Å². The predicted octanol–water partition coefficient (Wildman–Crippen LogP) is 3.54. The molecule has 1 aromatic rings. The number of hydrogen-bond acceptors (Lipinski definition) is 2. The largest absolute Gasteiger partial charge is 0.192 e. The van der Waals surface area contributed by atoms with Crippen molar-refractivity contribution in [3.63, 3.8) is 0 Å². The molecule has 0 spiro atoms. The molecule has 0 aromatic heterocycles. The van der Waals surface area contributed by atoms with Gasteiger partial charge < -0.3 is 0 Å². The van der Waals surface area contributed by atoms with Crippen molar-refractivity contribution in [2.24, 2.45) is 0 Å². The van der Waals surface area contributed by atoms with E-state index in [-0.39, 0.29) is 0 Å². The zero-order chi connectivity index (χ0) is 10.4. The highest BCUT2D eigenvalue weighted by molar-refractivity contribution is 7.80. The van der Waals surface area contributed by atoms with Gasteiger partial charge in [0.1, 0.15) is 0 Å². The SMILES string of the molecule is N#Cc1cc(Cl)cc(C=CCCS)c1. The molecule has 0 bridgehead atoms. The molecule has 0 amide bonds. The molecule has 1 rings (SSSR count). The highest BCUT2D eigenvalue weighted by Crippen LogP contribution is 2.15. The van der Waals surface area contributed by atoms with E-state index in [0.29, 0.717) is 10.6 Å². The Kier molecular flexibility index (Phi) is 4.58. The molecule has 1 aromatic carbocycles. The maximum absolute atomic E-state index is 8.71. The first-order valence-electron chi connectivity index (χ1n) is 4.24. The molecule has 0 radical (unpaired) electrons. The number of halogens is 1. The number of hydrogen-bond donors (Lipinski definition) is 1. The maximum atomic E-state index is 8.71. The van der Waals surface area contributed by atoms with Crippen molar-refractivity contribution in [3.8, 4) is 6.07 Å². The number of allylic oxidation sites excluding steroid dienone is 1. The average Bonchev–Trinajstić information content (AvgIpc) is 2.17. The third-order valence-corrected chi connectivity index (χ3v) is 2.13. The van der Waals surface area contributed by atoms with Crippen LogP contribution in [0.25, 0.3) is 6.08 Å². The van der Waals surface area contributed by atoms with Gasteiger partial charge >= 0.3 is 0 Å². The Labute approximate surface area is 94.4 Å². The van der Waals surface area contributed by atoms with Crippen molar-refractivity contribution in [2.75, 3.05) is 5.75 Å². The van der Waals surface area contributed by atoms with Crippen LogP contribution in [0.15, 0.2) is 24.3 Å². The Hall–Kier alpha value is -0.910. The molecule has 3 heteroatoms. The summed E-state index contributed by atoms with van der Waals surface area (Å²) in [6.07, 6.45) is 4.88. The molecule has 0 fully saturated rings. The number of nitriles is 1. The monoisotopic (exact) mass is 223 g/mol. The molecule has 0 atom stereocenters. The van der Waals surface area contributed by atoms with Crippen LogP contribution in [0, 0.1) is 11.3 Å². The van der Waals surface area contributed by atoms with Crippen LogP contribution in [-0.2, 0) is 0 Å². The summed E-state index contributed by atoms with van der Waals surface area (Å²) >= 11 is 9.94. The molecule has 1 nitrogen and oxygen atoms in total. The predicted molar refractivity (Wildman–Crippen MR) is 63.7 cm³/mol. The number of thiol groups is 1. The summed E-state index contributed by atoms with van der Waals surface area (Å²) < 4.78 is 0. The minimum Gasteiger partial charge on any atom is -0.192 e. The highest BCUT2D eigenvalue weighted by Gasteiger charge is 1.95. The van der Waals surface area contributed by atoms with E-state index in [1.807, 2.05) is 18.2 Å². The molecular weight excluding hydrogens is 214 g/mol. The van der Waals surface area contributed by atoms with Crippen molar-refractivity contribution >= 4 is 30.3 Å². The molecule has 0 aliphatic rings. The van der Waals surface area contributed by atoms with Crippen LogP contribution in [0.2, 0.25) is 5.02 Å². The highest BCUT2D eigenvalue weighted by atomic mass is 35.5. The van der Waals surface area contributed by atoms with Crippen LogP contribution in [0.1, 0.15) is 17.5 Å². The molecule has 0 heterocycles. The fraction of sp³-hybridized carbons (Fsp3) is 0.182. The van der Waals surface area contributed by atoms with Gasteiger partial charge in [-0.2, -0.15) is 17.9 Å². The van der Waals surface area contributed by atoms with E-state index >= 15 is 0 Å². The Morgan fingerprint density at radius 3 is 2.86 bits per heavy atom. The Bertz CT molecular complexity index is 379. The summed E-state index contributed by atoms with van der Waals surface area (Å²) in [5, 5.41) is 9.31. The van der Waals surface area contributed by atoms with E-state index in [1.165, 1.54) is 0 Å². The molecule has 0 aliphatic carbocycles. The van der Waals surface area contributed by atoms with Crippen LogP contribution < -0.4 is 0 Å². The fourth-order valence-electron chi connectivity index (χ4n) is 1.07. The second-order valence-corrected chi connectivity index (χ2v) is 3.68. The topological polar surface area (TPSA) is 23.8 Å². The molecule has 14 heavy (non-hydrogen) atoms. The van der Waals surface area contributed by atoms with Gasteiger partial charge in [-0.25, -0.2) is 0 Å². The normalized spacial score (nSPS) is 10.4. The zero-order valence-corrected chi connectivity index (χ0v) is 9.22. The summed E-state index contributed by atoms with van der Waals surface area (Å²) in [5.41, 5.74) is 1.54. The Morgan fingerprint density at radius 2 is 2.21 bits per heavy atom. The second-order valence-electron chi connectivity index (χ2n) is 2.80. The number of benzene rings is 1. The second kappa shape index (κ2) is 5.74. The van der Waals surface area contributed by atoms with Crippen molar-refractivity contribution in [1.82, 2.24) is 0 Å². The van der Waals surface area contributed by atoms with E-state index in [0.717, 1.165) is 17.7 Å². The van der Waals surface area contributed by atoms with Gasteiger partial charge in [-0.1, -0.05) is 23.8 Å². The summed E-state index contributed by atoms with van der Waals surface area (Å²) in [6.45, 7) is 0. The van der Waals surface area contributed by atoms with Gasteiger partial charge in [-0.05, 0) is 35.9 Å². The third kappa shape index (κ3) is 3.45. The van der Waals surface area contributed by atoms with Crippen molar-refractivity contribution in [3.05, 3.63) is 40.4 Å². The van der Waals surface area contributed by atoms with E-state index in [4.69, 9.17) is 16.9 Å². The summed E-state index contributed by atoms with van der Waals surface area (Å²) in [4.78, 5) is 0. The fourth-order valence-corrected chi connectivity index (χ4v) is 1.46. The maximum Gasteiger partial charge on any atom is 0.0992 e. The van der Waals surface area contributed by atoms with Crippen molar-refractivity contribution in [1.29, 1.82) is 5.26 Å². The molecule has 0 unspecified atom stereocenters. The lowest BCUT2D eigenvalue weighted by atomic mass is 10.1.